The third-order valence-electron chi connectivity index (χ3n) is 5.45. The normalized spacial score (nSPS) is 35.6. The lowest BCUT2D eigenvalue weighted by Gasteiger charge is -2.27. The molecule has 0 radical (unpaired) electrons. The van der Waals surface area contributed by atoms with Crippen LogP contribution in [0.2, 0.25) is 0 Å². The first-order chi connectivity index (χ1) is 11.7. The van der Waals surface area contributed by atoms with Crippen molar-refractivity contribution in [2.75, 3.05) is 11.5 Å². The van der Waals surface area contributed by atoms with Crippen molar-refractivity contribution in [2.45, 2.75) is 25.0 Å². The zero-order valence-electron chi connectivity index (χ0n) is 13.6. The standard InChI is InChI=1S/C17H16N2O6/c1-9-3-4-10(19(23)24)7-11(9)18-14(21)12-13(15(18)22)17(8-20)6-5-16(12,2)25-17/h3-7,12-13,20H,8H2,1-2H3/t12-,13-,16-,17+/m1/s1. The Balaban J connectivity index is 1.83. The molecule has 4 atom stereocenters. The minimum absolute atomic E-state index is 0.196. The number of non-ortho nitro benzene ring substituents is 1. The topological polar surface area (TPSA) is 110 Å². The molecule has 3 heterocycles. The van der Waals surface area contributed by atoms with E-state index in [0.29, 0.717) is 5.56 Å². The maximum absolute atomic E-state index is 13.0. The Morgan fingerprint density at radius 1 is 1.28 bits per heavy atom. The fourth-order valence-electron chi connectivity index (χ4n) is 4.23. The number of hydrogen-bond acceptors (Lipinski definition) is 6. The Morgan fingerprint density at radius 2 is 1.96 bits per heavy atom. The van der Waals surface area contributed by atoms with E-state index < -0.39 is 46.4 Å². The van der Waals surface area contributed by atoms with E-state index in [0.717, 1.165) is 4.90 Å². The molecule has 1 N–H and O–H groups in total. The highest BCUT2D eigenvalue weighted by Crippen LogP contribution is 2.57. The summed E-state index contributed by atoms with van der Waals surface area (Å²) in [5.41, 5.74) is -1.59. The molecule has 3 aliphatic heterocycles. The molecule has 25 heavy (non-hydrogen) atoms. The quantitative estimate of drug-likeness (QED) is 0.380. The first-order valence-electron chi connectivity index (χ1n) is 7.88. The maximum atomic E-state index is 13.0. The van der Waals surface area contributed by atoms with Crippen LogP contribution in [-0.2, 0) is 14.3 Å². The van der Waals surface area contributed by atoms with Crippen LogP contribution >= 0.6 is 0 Å². The number of nitrogens with zero attached hydrogens (tertiary/aromatic N) is 2. The van der Waals surface area contributed by atoms with Gasteiger partial charge in [0, 0.05) is 12.1 Å². The lowest BCUT2D eigenvalue weighted by atomic mass is 9.73. The molecular weight excluding hydrogens is 328 g/mol. The molecule has 2 bridgehead atoms. The summed E-state index contributed by atoms with van der Waals surface area (Å²) in [6, 6.07) is 4.07. The van der Waals surface area contributed by atoms with Crippen LogP contribution < -0.4 is 4.90 Å². The first kappa shape index (κ1) is 15.9. The number of aliphatic hydroxyl groups is 1. The van der Waals surface area contributed by atoms with Crippen LogP contribution in [0.25, 0.3) is 0 Å². The van der Waals surface area contributed by atoms with Crippen molar-refractivity contribution < 1.29 is 24.4 Å². The Bertz CT molecular complexity index is 865. The van der Waals surface area contributed by atoms with Gasteiger partial charge in [0.2, 0.25) is 11.8 Å². The van der Waals surface area contributed by atoms with E-state index in [1.807, 2.05) is 0 Å². The molecule has 0 spiro atoms. The van der Waals surface area contributed by atoms with Crippen LogP contribution in [0.3, 0.4) is 0 Å². The van der Waals surface area contributed by atoms with Crippen molar-refractivity contribution in [3.63, 3.8) is 0 Å². The second-order valence-electron chi connectivity index (χ2n) is 6.93. The predicted molar refractivity (Wildman–Crippen MR) is 85.8 cm³/mol. The number of carbonyl (C=O) groups excluding carboxylic acids is 2. The summed E-state index contributed by atoms with van der Waals surface area (Å²) in [4.78, 5) is 37.6. The fourth-order valence-corrected chi connectivity index (χ4v) is 4.23. The van der Waals surface area contributed by atoms with Crippen molar-refractivity contribution in [1.29, 1.82) is 0 Å². The van der Waals surface area contributed by atoms with Crippen molar-refractivity contribution in [3.05, 3.63) is 46.0 Å². The Kier molecular flexibility index (Phi) is 3.02. The molecule has 8 heteroatoms. The number of anilines is 1. The average Bonchev–Trinajstić information content (AvgIpc) is 3.14. The number of aryl methyl sites for hydroxylation is 1. The number of nitro groups is 1. The van der Waals surface area contributed by atoms with Gasteiger partial charge < -0.3 is 9.84 Å². The molecule has 3 aliphatic rings. The first-order valence-corrected chi connectivity index (χ1v) is 7.88. The van der Waals surface area contributed by atoms with Crippen LogP contribution in [-0.4, -0.2) is 39.7 Å². The van der Waals surface area contributed by atoms with Crippen molar-refractivity contribution in [1.82, 2.24) is 0 Å². The number of aliphatic hydroxyl groups excluding tert-OH is 1. The second kappa shape index (κ2) is 4.74. The van der Waals surface area contributed by atoms with E-state index in [1.54, 1.807) is 26.0 Å². The highest BCUT2D eigenvalue weighted by atomic mass is 16.6. The summed E-state index contributed by atoms with van der Waals surface area (Å²) in [5.74, 6) is -2.55. The summed E-state index contributed by atoms with van der Waals surface area (Å²) in [6.45, 7) is 2.97. The number of amides is 2. The Hall–Kier alpha value is -2.58. The molecule has 0 saturated carbocycles. The van der Waals surface area contributed by atoms with Crippen LogP contribution in [0.5, 0.6) is 0 Å². The summed E-state index contributed by atoms with van der Waals surface area (Å²) in [5, 5.41) is 20.8. The van der Waals surface area contributed by atoms with Crippen molar-refractivity contribution >= 4 is 23.2 Å². The van der Waals surface area contributed by atoms with Gasteiger partial charge in [-0.1, -0.05) is 18.2 Å². The van der Waals surface area contributed by atoms with Gasteiger partial charge in [-0.3, -0.25) is 19.7 Å². The van der Waals surface area contributed by atoms with Gasteiger partial charge in [0.1, 0.15) is 5.60 Å². The molecule has 0 unspecified atom stereocenters. The summed E-state index contributed by atoms with van der Waals surface area (Å²) in [6.07, 6.45) is 3.35. The fraction of sp³-hybridized carbons (Fsp3) is 0.412. The van der Waals surface area contributed by atoms with Gasteiger partial charge in [0.05, 0.1) is 34.7 Å². The number of rotatable bonds is 3. The number of nitro benzene ring substituents is 1. The number of fused-ring (bicyclic) bond motifs is 5. The van der Waals surface area contributed by atoms with E-state index >= 15 is 0 Å². The molecule has 1 aromatic rings. The molecule has 2 fully saturated rings. The summed E-state index contributed by atoms with van der Waals surface area (Å²) >= 11 is 0. The third kappa shape index (κ3) is 1.83. The van der Waals surface area contributed by atoms with Gasteiger partial charge in [-0.2, -0.15) is 0 Å². The lowest BCUT2D eigenvalue weighted by Crippen LogP contribution is -2.43. The van der Waals surface area contributed by atoms with Gasteiger partial charge in [0.25, 0.3) is 5.69 Å². The largest absolute Gasteiger partial charge is 0.393 e. The number of benzene rings is 1. The van der Waals surface area contributed by atoms with Crippen LogP contribution in [0.4, 0.5) is 11.4 Å². The summed E-state index contributed by atoms with van der Waals surface area (Å²) < 4.78 is 5.84. The van der Waals surface area contributed by atoms with Crippen LogP contribution in [0, 0.1) is 28.9 Å². The molecule has 0 aliphatic carbocycles. The molecule has 0 aromatic heterocycles. The van der Waals surface area contributed by atoms with Gasteiger partial charge in [0.15, 0.2) is 0 Å². The van der Waals surface area contributed by atoms with Crippen molar-refractivity contribution in [2.24, 2.45) is 11.8 Å². The predicted octanol–water partition coefficient (Wildman–Crippen LogP) is 1.10. The minimum atomic E-state index is -1.21. The monoisotopic (exact) mass is 344 g/mol. The number of imide groups is 1. The number of hydrogen-bond donors (Lipinski definition) is 1. The lowest BCUT2D eigenvalue weighted by molar-refractivity contribution is -0.384. The third-order valence-corrected chi connectivity index (χ3v) is 5.45. The molecule has 4 rings (SSSR count). The van der Waals surface area contributed by atoms with E-state index in [-0.39, 0.29) is 11.4 Å². The number of carbonyl (C=O) groups is 2. The minimum Gasteiger partial charge on any atom is -0.393 e. The van der Waals surface area contributed by atoms with Gasteiger partial charge >= 0.3 is 0 Å². The Labute approximate surface area is 142 Å². The SMILES string of the molecule is Cc1ccc([N+](=O)[O-])cc1N1C(=O)[C@H]2[C@H](C1=O)[C@@]1(CO)C=C[C@@]2(C)O1. The highest BCUT2D eigenvalue weighted by molar-refractivity contribution is 6.24. The van der Waals surface area contributed by atoms with Gasteiger partial charge in [-0.05, 0) is 19.4 Å². The molecule has 1 aromatic carbocycles. The van der Waals surface area contributed by atoms with E-state index in [1.165, 1.54) is 18.2 Å². The van der Waals surface area contributed by atoms with E-state index in [2.05, 4.69) is 0 Å². The van der Waals surface area contributed by atoms with E-state index in [9.17, 15) is 24.8 Å². The molecular formula is C17H16N2O6. The molecule has 8 nitrogen and oxygen atoms in total. The molecule has 2 saturated heterocycles. The average molecular weight is 344 g/mol. The highest BCUT2D eigenvalue weighted by Gasteiger charge is 2.72. The maximum Gasteiger partial charge on any atom is 0.271 e. The Morgan fingerprint density at radius 3 is 2.60 bits per heavy atom. The van der Waals surface area contributed by atoms with Gasteiger partial charge in [-0.15, -0.1) is 0 Å². The van der Waals surface area contributed by atoms with Gasteiger partial charge in [-0.25, -0.2) is 4.90 Å². The number of ether oxygens (including phenoxy) is 1. The van der Waals surface area contributed by atoms with Crippen LogP contribution in [0.1, 0.15) is 12.5 Å². The second-order valence-corrected chi connectivity index (χ2v) is 6.93. The smallest absolute Gasteiger partial charge is 0.271 e. The zero-order chi connectivity index (χ0) is 18.1. The van der Waals surface area contributed by atoms with E-state index in [4.69, 9.17) is 4.74 Å². The molecule has 2 amide bonds. The summed E-state index contributed by atoms with van der Waals surface area (Å²) in [7, 11) is 0. The van der Waals surface area contributed by atoms with Crippen LogP contribution in [0.15, 0.2) is 30.4 Å². The van der Waals surface area contributed by atoms with Crippen molar-refractivity contribution in [3.8, 4) is 0 Å². The zero-order valence-corrected chi connectivity index (χ0v) is 13.6. The molecule has 130 valence electrons.